The van der Waals surface area contributed by atoms with Gasteiger partial charge in [0.05, 0.1) is 0 Å². The van der Waals surface area contributed by atoms with Crippen molar-refractivity contribution < 1.29 is 14.3 Å². The summed E-state index contributed by atoms with van der Waals surface area (Å²) in [6.45, 7) is 2.06. The van der Waals surface area contributed by atoms with Crippen molar-refractivity contribution in [2.24, 2.45) is 0 Å². The standard InChI is InChI=1S/C20H17Cl2N3O3S/c1-12(18(26)24-16-8-14(21)7-15(22)9-16)28-19(27)17-11-29-20(25-17)23-10-13-5-3-2-4-6-13/h2-9,11-12H,10H2,1H3,(H,23,25)(H,24,26). The summed E-state index contributed by atoms with van der Waals surface area (Å²) in [6.07, 6.45) is -1.03. The molecule has 3 aromatic rings. The van der Waals surface area contributed by atoms with Gasteiger partial charge in [0, 0.05) is 27.7 Å². The van der Waals surface area contributed by atoms with Gasteiger partial charge in [0.25, 0.3) is 5.91 Å². The van der Waals surface area contributed by atoms with Crippen molar-refractivity contribution in [3.8, 4) is 0 Å². The lowest BCUT2D eigenvalue weighted by atomic mass is 10.2. The molecule has 1 atom stereocenters. The Bertz CT molecular complexity index is 991. The van der Waals surface area contributed by atoms with Crippen LogP contribution in [0, 0.1) is 0 Å². The number of ether oxygens (including phenoxy) is 1. The third kappa shape index (κ3) is 6.19. The van der Waals surface area contributed by atoms with E-state index in [1.165, 1.54) is 18.3 Å². The van der Waals surface area contributed by atoms with Crippen molar-refractivity contribution in [2.45, 2.75) is 19.6 Å². The zero-order valence-corrected chi connectivity index (χ0v) is 17.6. The molecule has 1 aromatic heterocycles. The van der Waals surface area contributed by atoms with Gasteiger partial charge in [-0.3, -0.25) is 4.79 Å². The smallest absolute Gasteiger partial charge is 0.358 e. The Labute approximate surface area is 181 Å². The maximum Gasteiger partial charge on any atom is 0.358 e. The van der Waals surface area contributed by atoms with Crippen molar-refractivity contribution in [2.75, 3.05) is 10.6 Å². The molecule has 6 nitrogen and oxygen atoms in total. The van der Waals surface area contributed by atoms with Crippen LogP contribution in [0.4, 0.5) is 10.8 Å². The molecule has 0 radical (unpaired) electrons. The molecule has 1 amide bonds. The Morgan fingerprint density at radius 2 is 1.83 bits per heavy atom. The molecular formula is C20H17Cl2N3O3S. The molecule has 2 N–H and O–H groups in total. The number of nitrogens with one attached hydrogen (secondary N) is 2. The van der Waals surface area contributed by atoms with Crippen molar-refractivity contribution in [3.63, 3.8) is 0 Å². The van der Waals surface area contributed by atoms with Gasteiger partial charge >= 0.3 is 5.97 Å². The second-order valence-electron chi connectivity index (χ2n) is 6.07. The number of aromatic nitrogens is 1. The zero-order chi connectivity index (χ0) is 20.8. The quantitative estimate of drug-likeness (QED) is 0.481. The molecule has 0 aliphatic heterocycles. The highest BCUT2D eigenvalue weighted by Gasteiger charge is 2.21. The van der Waals surface area contributed by atoms with Crippen LogP contribution in [0.3, 0.4) is 0 Å². The molecule has 29 heavy (non-hydrogen) atoms. The van der Waals surface area contributed by atoms with Crippen LogP contribution in [0.1, 0.15) is 23.0 Å². The number of anilines is 2. The molecule has 0 aliphatic rings. The number of esters is 1. The molecule has 0 fully saturated rings. The van der Waals surface area contributed by atoms with Gasteiger partial charge in [-0.25, -0.2) is 9.78 Å². The molecular weight excluding hydrogens is 433 g/mol. The molecule has 150 valence electrons. The SMILES string of the molecule is CC(OC(=O)c1csc(NCc2ccccc2)n1)C(=O)Nc1cc(Cl)cc(Cl)c1. The number of halogens is 2. The Hall–Kier alpha value is -2.61. The fraction of sp³-hybridized carbons (Fsp3) is 0.150. The predicted molar refractivity (Wildman–Crippen MR) is 116 cm³/mol. The minimum absolute atomic E-state index is 0.135. The van der Waals surface area contributed by atoms with E-state index in [1.54, 1.807) is 23.6 Å². The van der Waals surface area contributed by atoms with E-state index in [0.717, 1.165) is 5.56 Å². The summed E-state index contributed by atoms with van der Waals surface area (Å²) in [4.78, 5) is 28.8. The number of rotatable bonds is 7. The first kappa shape index (κ1) is 21.1. The third-order valence-electron chi connectivity index (χ3n) is 3.78. The molecule has 0 spiro atoms. The van der Waals surface area contributed by atoms with Gasteiger partial charge in [-0.1, -0.05) is 53.5 Å². The summed E-state index contributed by atoms with van der Waals surface area (Å²) in [6, 6.07) is 14.5. The fourth-order valence-electron chi connectivity index (χ4n) is 2.37. The number of carbonyl (C=O) groups is 2. The first-order valence-corrected chi connectivity index (χ1v) is 10.3. The number of benzene rings is 2. The Morgan fingerprint density at radius 1 is 1.14 bits per heavy atom. The Balaban J connectivity index is 1.54. The van der Waals surface area contributed by atoms with E-state index in [0.29, 0.717) is 27.4 Å². The molecule has 1 unspecified atom stereocenters. The molecule has 2 aromatic carbocycles. The minimum Gasteiger partial charge on any atom is -0.448 e. The van der Waals surface area contributed by atoms with E-state index < -0.39 is 18.0 Å². The minimum atomic E-state index is -1.03. The van der Waals surface area contributed by atoms with Gasteiger partial charge in [-0.2, -0.15) is 0 Å². The number of amides is 1. The van der Waals surface area contributed by atoms with Gasteiger partial charge < -0.3 is 15.4 Å². The van der Waals surface area contributed by atoms with Crippen LogP contribution < -0.4 is 10.6 Å². The van der Waals surface area contributed by atoms with Crippen LogP contribution >= 0.6 is 34.5 Å². The van der Waals surface area contributed by atoms with Gasteiger partial charge in [0.2, 0.25) is 0 Å². The number of nitrogens with zero attached hydrogens (tertiary/aromatic N) is 1. The molecule has 0 aliphatic carbocycles. The lowest BCUT2D eigenvalue weighted by Gasteiger charge is -2.13. The summed E-state index contributed by atoms with van der Waals surface area (Å²) in [5, 5.41) is 8.70. The maximum atomic E-state index is 12.3. The van der Waals surface area contributed by atoms with Gasteiger partial charge in [-0.15, -0.1) is 11.3 Å². The van der Waals surface area contributed by atoms with Crippen LogP contribution in [0.15, 0.2) is 53.9 Å². The number of carbonyl (C=O) groups excluding carboxylic acids is 2. The van der Waals surface area contributed by atoms with Crippen molar-refractivity contribution >= 4 is 57.2 Å². The largest absolute Gasteiger partial charge is 0.448 e. The fourth-order valence-corrected chi connectivity index (χ4v) is 3.57. The topological polar surface area (TPSA) is 80.3 Å². The Kier molecular flexibility index (Phi) is 7.09. The normalized spacial score (nSPS) is 11.6. The van der Waals surface area contributed by atoms with Crippen LogP contribution in [0.25, 0.3) is 0 Å². The first-order valence-electron chi connectivity index (χ1n) is 8.62. The van der Waals surface area contributed by atoms with Crippen LogP contribution in [-0.2, 0) is 16.1 Å². The average Bonchev–Trinajstić information content (AvgIpc) is 3.15. The van der Waals surface area contributed by atoms with E-state index in [9.17, 15) is 9.59 Å². The lowest BCUT2D eigenvalue weighted by molar-refractivity contribution is -0.123. The Morgan fingerprint density at radius 3 is 2.52 bits per heavy atom. The van der Waals surface area contributed by atoms with Crippen molar-refractivity contribution in [1.82, 2.24) is 4.98 Å². The van der Waals surface area contributed by atoms with Crippen LogP contribution in [0.5, 0.6) is 0 Å². The number of hydrogen-bond acceptors (Lipinski definition) is 6. The molecule has 9 heteroatoms. The lowest BCUT2D eigenvalue weighted by Crippen LogP contribution is -2.30. The molecule has 1 heterocycles. The summed E-state index contributed by atoms with van der Waals surface area (Å²) in [5.74, 6) is -1.19. The average molecular weight is 450 g/mol. The van der Waals surface area contributed by atoms with Gasteiger partial charge in [0.15, 0.2) is 16.9 Å². The van der Waals surface area contributed by atoms with Crippen LogP contribution in [0.2, 0.25) is 10.0 Å². The van der Waals surface area contributed by atoms with E-state index in [-0.39, 0.29) is 5.69 Å². The maximum absolute atomic E-state index is 12.3. The van der Waals surface area contributed by atoms with Crippen molar-refractivity contribution in [1.29, 1.82) is 0 Å². The summed E-state index contributed by atoms with van der Waals surface area (Å²) in [5.41, 5.74) is 1.64. The highest BCUT2D eigenvalue weighted by Crippen LogP contribution is 2.23. The highest BCUT2D eigenvalue weighted by atomic mass is 35.5. The summed E-state index contributed by atoms with van der Waals surface area (Å²) >= 11 is 13.1. The molecule has 0 bridgehead atoms. The number of hydrogen-bond donors (Lipinski definition) is 2. The predicted octanol–water partition coefficient (Wildman–Crippen LogP) is 5.25. The highest BCUT2D eigenvalue weighted by molar-refractivity contribution is 7.13. The van der Waals surface area contributed by atoms with E-state index >= 15 is 0 Å². The molecule has 0 saturated heterocycles. The molecule has 0 saturated carbocycles. The second-order valence-corrected chi connectivity index (χ2v) is 7.80. The molecule has 3 rings (SSSR count). The zero-order valence-electron chi connectivity index (χ0n) is 15.3. The van der Waals surface area contributed by atoms with Gasteiger partial charge in [0.1, 0.15) is 0 Å². The monoisotopic (exact) mass is 449 g/mol. The van der Waals surface area contributed by atoms with Crippen LogP contribution in [-0.4, -0.2) is 23.0 Å². The van der Waals surface area contributed by atoms with Gasteiger partial charge in [-0.05, 0) is 30.7 Å². The summed E-state index contributed by atoms with van der Waals surface area (Å²) in [7, 11) is 0. The van der Waals surface area contributed by atoms with E-state index in [1.807, 2.05) is 30.3 Å². The van der Waals surface area contributed by atoms with E-state index in [2.05, 4.69) is 15.6 Å². The third-order valence-corrected chi connectivity index (χ3v) is 5.02. The van der Waals surface area contributed by atoms with Crippen molar-refractivity contribution in [3.05, 3.63) is 75.2 Å². The second kappa shape index (κ2) is 9.73. The summed E-state index contributed by atoms with van der Waals surface area (Å²) < 4.78 is 5.21. The number of thiazole rings is 1. The van der Waals surface area contributed by atoms with E-state index in [4.69, 9.17) is 27.9 Å². The first-order chi connectivity index (χ1) is 13.9.